The fraction of sp³-hybridized carbons (Fsp3) is 0.150. The largest absolute Gasteiger partial charge is 0.497 e. The first-order valence-corrected chi connectivity index (χ1v) is 9.65. The Morgan fingerprint density at radius 1 is 1.24 bits per heavy atom. The molecule has 148 valence electrons. The molecule has 0 bridgehead atoms. The van der Waals surface area contributed by atoms with Gasteiger partial charge in [0, 0.05) is 17.3 Å². The van der Waals surface area contributed by atoms with Gasteiger partial charge in [-0.25, -0.2) is 4.52 Å². The Morgan fingerprint density at radius 2 is 2.07 bits per heavy atom. The van der Waals surface area contributed by atoms with E-state index in [4.69, 9.17) is 44.3 Å². The highest BCUT2D eigenvalue weighted by Crippen LogP contribution is 2.47. The summed E-state index contributed by atoms with van der Waals surface area (Å²) < 4.78 is 12.7. The second-order valence-electron chi connectivity index (χ2n) is 6.26. The maximum atomic E-state index is 12.7. The van der Waals surface area contributed by atoms with Crippen molar-refractivity contribution < 1.29 is 9.47 Å². The third-order valence-electron chi connectivity index (χ3n) is 4.51. The summed E-state index contributed by atoms with van der Waals surface area (Å²) in [5.41, 5.74) is 0.318. The van der Waals surface area contributed by atoms with Crippen LogP contribution in [0.4, 0.5) is 0 Å². The number of methoxy groups -OCH3 is 1. The van der Waals surface area contributed by atoms with Crippen LogP contribution in [0, 0.1) is 0 Å². The number of benzene rings is 1. The Hall–Kier alpha value is -2.54. The van der Waals surface area contributed by atoms with E-state index < -0.39 is 16.5 Å². The Bertz CT molecular complexity index is 1210. The van der Waals surface area contributed by atoms with Gasteiger partial charge in [-0.1, -0.05) is 40.9 Å². The molecule has 2 atom stereocenters. The first kappa shape index (κ1) is 19.8. The average Bonchev–Trinajstić information content (AvgIpc) is 2.71. The minimum absolute atomic E-state index is 0.269. The second kappa shape index (κ2) is 7.71. The maximum Gasteiger partial charge on any atom is 0.277 e. The smallest absolute Gasteiger partial charge is 0.277 e. The van der Waals surface area contributed by atoms with Crippen LogP contribution in [0.3, 0.4) is 0 Å². The van der Waals surface area contributed by atoms with Crippen LogP contribution in [0.15, 0.2) is 70.9 Å². The highest BCUT2D eigenvalue weighted by atomic mass is 35.5. The number of fused-ring (bicyclic) bond motifs is 1. The van der Waals surface area contributed by atoms with Crippen molar-refractivity contribution in [2.45, 2.75) is 11.0 Å². The quantitative estimate of drug-likeness (QED) is 0.546. The minimum Gasteiger partial charge on any atom is -0.497 e. The average molecular weight is 451 g/mol. The Morgan fingerprint density at radius 3 is 2.83 bits per heavy atom. The number of alkyl halides is 1. The van der Waals surface area contributed by atoms with E-state index in [0.29, 0.717) is 27.1 Å². The molecule has 1 aromatic carbocycles. The van der Waals surface area contributed by atoms with Crippen LogP contribution in [0.2, 0.25) is 5.02 Å². The van der Waals surface area contributed by atoms with Gasteiger partial charge in [-0.15, -0.1) is 0 Å². The van der Waals surface area contributed by atoms with Gasteiger partial charge in [-0.3, -0.25) is 4.79 Å². The Kier molecular flexibility index (Phi) is 5.25. The summed E-state index contributed by atoms with van der Waals surface area (Å²) in [5, 5.41) is 3.29. The van der Waals surface area contributed by atoms with E-state index in [1.165, 1.54) is 18.0 Å². The van der Waals surface area contributed by atoms with Crippen molar-refractivity contribution >= 4 is 40.3 Å². The molecule has 0 saturated carbocycles. The first-order chi connectivity index (χ1) is 13.9. The minimum atomic E-state index is -1.52. The molecule has 2 heterocycles. The monoisotopic (exact) mass is 449 g/mol. The van der Waals surface area contributed by atoms with E-state index >= 15 is 0 Å². The van der Waals surface area contributed by atoms with Gasteiger partial charge >= 0.3 is 0 Å². The predicted molar refractivity (Wildman–Crippen MR) is 112 cm³/mol. The number of aromatic nitrogens is 3. The number of rotatable bonds is 4. The Balaban J connectivity index is 1.86. The molecule has 29 heavy (non-hydrogen) atoms. The number of nitrogens with zero attached hydrogens (tertiary/aromatic N) is 3. The van der Waals surface area contributed by atoms with Crippen molar-refractivity contribution in [3.8, 4) is 11.5 Å². The Labute approximate surface area is 180 Å². The van der Waals surface area contributed by atoms with E-state index in [-0.39, 0.29) is 5.56 Å². The van der Waals surface area contributed by atoms with Gasteiger partial charge in [0.2, 0.25) is 5.06 Å². The summed E-state index contributed by atoms with van der Waals surface area (Å²) in [7, 11) is 1.54. The summed E-state index contributed by atoms with van der Waals surface area (Å²) in [6.07, 6.45) is 7.87. The molecule has 0 fully saturated rings. The predicted octanol–water partition coefficient (Wildman–Crippen LogP) is 4.54. The van der Waals surface area contributed by atoms with Gasteiger partial charge in [-0.05, 0) is 36.4 Å². The molecule has 4 rings (SSSR count). The van der Waals surface area contributed by atoms with Gasteiger partial charge in [0.1, 0.15) is 17.8 Å². The van der Waals surface area contributed by atoms with Crippen molar-refractivity contribution in [3.63, 3.8) is 0 Å². The van der Waals surface area contributed by atoms with E-state index in [1.54, 1.807) is 54.8 Å². The molecule has 2 unspecified atom stereocenters. The third kappa shape index (κ3) is 3.59. The van der Waals surface area contributed by atoms with Crippen molar-refractivity contribution in [2.75, 3.05) is 7.11 Å². The van der Waals surface area contributed by atoms with Crippen LogP contribution < -0.4 is 15.0 Å². The zero-order chi connectivity index (χ0) is 20.6. The van der Waals surface area contributed by atoms with Crippen molar-refractivity contribution in [1.29, 1.82) is 0 Å². The summed E-state index contributed by atoms with van der Waals surface area (Å²) in [5.74, 6) is 0.0477. The molecule has 0 aliphatic heterocycles. The molecular formula is C20H14Cl3N3O3. The van der Waals surface area contributed by atoms with Gasteiger partial charge in [0.25, 0.3) is 5.56 Å². The highest BCUT2D eigenvalue weighted by Gasteiger charge is 2.44. The zero-order valence-electron chi connectivity index (χ0n) is 15.1. The summed E-state index contributed by atoms with van der Waals surface area (Å²) in [6, 6.07) is 8.39. The summed E-state index contributed by atoms with van der Waals surface area (Å²) in [6.45, 7) is 0. The van der Waals surface area contributed by atoms with Crippen molar-refractivity contribution in [3.05, 3.63) is 87.1 Å². The SMILES string of the molecule is COc1ccc(OC2(Cl)C=CC=C(Cl)C2c2c(=O)ncn3ncccc23)c(Cl)c1. The van der Waals surface area contributed by atoms with Crippen LogP contribution in [0.5, 0.6) is 11.5 Å². The van der Waals surface area contributed by atoms with Crippen LogP contribution in [0.25, 0.3) is 5.52 Å². The molecule has 2 aromatic heterocycles. The second-order valence-corrected chi connectivity index (χ2v) is 7.69. The number of hydrogen-bond donors (Lipinski definition) is 0. The van der Waals surface area contributed by atoms with Crippen molar-refractivity contribution in [2.24, 2.45) is 0 Å². The lowest BCUT2D eigenvalue weighted by Gasteiger charge is -2.35. The molecule has 0 amide bonds. The molecule has 3 aromatic rings. The normalized spacial score (nSPS) is 21.1. The summed E-state index contributed by atoms with van der Waals surface area (Å²) >= 11 is 19.7. The van der Waals surface area contributed by atoms with Crippen molar-refractivity contribution in [1.82, 2.24) is 14.6 Å². The number of ether oxygens (including phenoxy) is 2. The maximum absolute atomic E-state index is 12.7. The van der Waals surface area contributed by atoms with Gasteiger partial charge in [0.15, 0.2) is 0 Å². The molecule has 1 aliphatic carbocycles. The molecule has 1 aliphatic rings. The molecule has 0 spiro atoms. The number of allylic oxidation sites excluding steroid dienone is 2. The number of hydrogen-bond acceptors (Lipinski definition) is 5. The molecule has 9 heteroatoms. The van der Waals surface area contributed by atoms with E-state index in [2.05, 4.69) is 10.1 Å². The van der Waals surface area contributed by atoms with Gasteiger partial charge < -0.3 is 9.47 Å². The topological polar surface area (TPSA) is 65.7 Å². The third-order valence-corrected chi connectivity index (χ3v) is 5.57. The molecule has 0 radical (unpaired) electrons. The number of halogens is 3. The van der Waals surface area contributed by atoms with Gasteiger partial charge in [0.05, 0.1) is 29.1 Å². The van der Waals surface area contributed by atoms with Crippen LogP contribution in [-0.2, 0) is 0 Å². The first-order valence-electron chi connectivity index (χ1n) is 8.52. The standard InChI is InChI=1S/C20H14Cl3N3O3/c1-28-12-6-7-16(14(22)10-12)29-20(23)8-2-4-13(21)18(20)17-15-5-3-9-25-26(15)11-24-19(17)27/h2-11,18H,1H3. The van der Waals surface area contributed by atoms with Gasteiger partial charge in [-0.2, -0.15) is 10.1 Å². The fourth-order valence-corrected chi connectivity index (χ4v) is 4.18. The fourth-order valence-electron chi connectivity index (χ4n) is 3.19. The van der Waals surface area contributed by atoms with Crippen LogP contribution in [-0.4, -0.2) is 26.8 Å². The lowest BCUT2D eigenvalue weighted by Crippen LogP contribution is -2.39. The molecule has 0 N–H and O–H groups in total. The lowest BCUT2D eigenvalue weighted by atomic mass is 9.89. The van der Waals surface area contributed by atoms with E-state index in [1.807, 2.05) is 0 Å². The molecule has 0 saturated heterocycles. The highest BCUT2D eigenvalue weighted by molar-refractivity contribution is 6.34. The van der Waals surface area contributed by atoms with E-state index in [0.717, 1.165) is 0 Å². The van der Waals surface area contributed by atoms with Crippen LogP contribution in [0.1, 0.15) is 11.5 Å². The van der Waals surface area contributed by atoms with Crippen LogP contribution >= 0.6 is 34.8 Å². The summed E-state index contributed by atoms with van der Waals surface area (Å²) in [4.78, 5) is 16.7. The zero-order valence-corrected chi connectivity index (χ0v) is 17.3. The molecule has 6 nitrogen and oxygen atoms in total. The molecular weight excluding hydrogens is 437 g/mol. The lowest BCUT2D eigenvalue weighted by molar-refractivity contribution is 0.187. The van der Waals surface area contributed by atoms with E-state index in [9.17, 15) is 4.79 Å².